The summed E-state index contributed by atoms with van der Waals surface area (Å²) in [6.07, 6.45) is 0.303. The van der Waals surface area contributed by atoms with Crippen molar-refractivity contribution in [3.05, 3.63) is 112 Å². The van der Waals surface area contributed by atoms with E-state index in [4.69, 9.17) is 0 Å². The smallest absolute Gasteiger partial charge is 0.270 e. The molecule has 0 saturated heterocycles. The molecule has 178 valence electrons. The van der Waals surface area contributed by atoms with Crippen LogP contribution >= 0.6 is 15.9 Å². The predicted octanol–water partition coefficient (Wildman–Crippen LogP) is 4.59. The fourth-order valence-electron chi connectivity index (χ4n) is 3.77. The van der Waals surface area contributed by atoms with Crippen LogP contribution in [0.3, 0.4) is 0 Å². The third kappa shape index (κ3) is 6.02. The summed E-state index contributed by atoms with van der Waals surface area (Å²) < 4.78 is 16.7. The topological polar surface area (TPSA) is 76.0 Å². The molecule has 3 aromatic carbocycles. The molecule has 1 heterocycles. The van der Waals surface area contributed by atoms with Gasteiger partial charge in [-0.25, -0.2) is 4.39 Å². The summed E-state index contributed by atoms with van der Waals surface area (Å²) in [5, 5.41) is 10.0. The van der Waals surface area contributed by atoms with E-state index in [0.29, 0.717) is 17.7 Å². The summed E-state index contributed by atoms with van der Waals surface area (Å²) in [6, 6.07) is 24.2. The minimum absolute atomic E-state index is 0.0680. The molecular weight excluding hydrogens is 511 g/mol. The monoisotopic (exact) mass is 534 g/mol. The van der Waals surface area contributed by atoms with Crippen LogP contribution in [-0.2, 0) is 17.8 Å². The first-order valence-electron chi connectivity index (χ1n) is 11.1. The lowest BCUT2D eigenvalue weighted by atomic mass is 10.0. The maximum Gasteiger partial charge on any atom is 0.270 e. The largest absolute Gasteiger partial charge is 0.357 e. The minimum Gasteiger partial charge on any atom is -0.357 e. The van der Waals surface area contributed by atoms with Crippen LogP contribution < -0.4 is 10.6 Å². The SMILES string of the molecule is CNC(=O)[C@H](Cc1cccc(Br)c1)NC(=O)c1cc(-c2ccccc2)nn1Cc1ccccc1F. The number of likely N-dealkylation sites (N-methyl/N-ethyl adjacent to an activating group) is 1. The average Bonchev–Trinajstić information content (AvgIpc) is 3.29. The Morgan fingerprint density at radius 2 is 1.74 bits per heavy atom. The van der Waals surface area contributed by atoms with Crippen molar-refractivity contribution in [1.29, 1.82) is 0 Å². The number of nitrogens with one attached hydrogen (secondary N) is 2. The molecule has 0 aliphatic rings. The van der Waals surface area contributed by atoms with Crippen LogP contribution in [0, 0.1) is 5.82 Å². The second-order valence-corrected chi connectivity index (χ2v) is 8.92. The molecule has 0 unspecified atom stereocenters. The molecule has 4 aromatic rings. The molecule has 0 aliphatic carbocycles. The molecular formula is C27H24BrFN4O2. The van der Waals surface area contributed by atoms with E-state index in [-0.39, 0.29) is 24.0 Å². The highest BCUT2D eigenvalue weighted by molar-refractivity contribution is 9.10. The molecule has 0 saturated carbocycles. The third-order valence-electron chi connectivity index (χ3n) is 5.56. The lowest BCUT2D eigenvalue weighted by molar-refractivity contribution is -0.122. The molecule has 2 amide bonds. The van der Waals surface area contributed by atoms with E-state index in [0.717, 1.165) is 15.6 Å². The number of aromatic nitrogens is 2. The molecule has 35 heavy (non-hydrogen) atoms. The highest BCUT2D eigenvalue weighted by Gasteiger charge is 2.24. The van der Waals surface area contributed by atoms with Gasteiger partial charge in [0.25, 0.3) is 5.91 Å². The first-order valence-corrected chi connectivity index (χ1v) is 11.9. The van der Waals surface area contributed by atoms with Gasteiger partial charge in [0.05, 0.1) is 12.2 Å². The van der Waals surface area contributed by atoms with Crippen LogP contribution in [0.4, 0.5) is 4.39 Å². The summed E-state index contributed by atoms with van der Waals surface area (Å²) in [7, 11) is 1.53. The van der Waals surface area contributed by atoms with Crippen molar-refractivity contribution in [2.24, 2.45) is 0 Å². The van der Waals surface area contributed by atoms with E-state index in [1.165, 1.54) is 17.8 Å². The van der Waals surface area contributed by atoms with Crippen LogP contribution in [0.5, 0.6) is 0 Å². The van der Waals surface area contributed by atoms with Gasteiger partial charge in [0.2, 0.25) is 5.91 Å². The van der Waals surface area contributed by atoms with Gasteiger partial charge < -0.3 is 10.6 Å². The molecule has 4 rings (SSSR count). The number of halogens is 2. The number of nitrogens with zero attached hydrogens (tertiary/aromatic N) is 2. The number of carbonyl (C=O) groups excluding carboxylic acids is 2. The summed E-state index contributed by atoms with van der Waals surface area (Å²) >= 11 is 3.44. The lowest BCUT2D eigenvalue weighted by Crippen LogP contribution is -2.47. The first-order chi connectivity index (χ1) is 16.9. The predicted molar refractivity (Wildman–Crippen MR) is 136 cm³/mol. The van der Waals surface area contributed by atoms with Gasteiger partial charge in [0.1, 0.15) is 17.6 Å². The molecule has 0 aliphatic heterocycles. The van der Waals surface area contributed by atoms with Crippen LogP contribution in [0.25, 0.3) is 11.3 Å². The summed E-state index contributed by atoms with van der Waals surface area (Å²) in [5.41, 5.74) is 2.93. The zero-order valence-corrected chi connectivity index (χ0v) is 20.6. The first kappa shape index (κ1) is 24.3. The third-order valence-corrected chi connectivity index (χ3v) is 6.05. The Kier molecular flexibility index (Phi) is 7.72. The molecule has 1 atom stereocenters. The van der Waals surface area contributed by atoms with Crippen LogP contribution in [0.2, 0.25) is 0 Å². The molecule has 0 spiro atoms. The fourth-order valence-corrected chi connectivity index (χ4v) is 4.22. The standard InChI is InChI=1S/C27H24BrFN4O2/c1-30-26(34)24(15-18-8-7-12-21(28)14-18)31-27(35)25-16-23(19-9-3-2-4-10-19)32-33(25)17-20-11-5-6-13-22(20)29/h2-14,16,24H,15,17H2,1H3,(H,30,34)(H,31,35)/t24-/m0/s1. The van der Waals surface area contributed by atoms with Gasteiger partial charge in [-0.1, -0.05) is 76.6 Å². The van der Waals surface area contributed by atoms with Gasteiger partial charge in [0, 0.05) is 29.1 Å². The zero-order chi connectivity index (χ0) is 24.8. The molecule has 2 N–H and O–H groups in total. The maximum absolute atomic E-state index is 14.4. The van der Waals surface area contributed by atoms with Gasteiger partial charge in [0.15, 0.2) is 0 Å². The van der Waals surface area contributed by atoms with Crippen molar-refractivity contribution < 1.29 is 14.0 Å². The number of carbonyl (C=O) groups is 2. The van der Waals surface area contributed by atoms with Crippen molar-refractivity contribution in [2.75, 3.05) is 7.05 Å². The van der Waals surface area contributed by atoms with E-state index in [1.54, 1.807) is 24.3 Å². The lowest BCUT2D eigenvalue weighted by Gasteiger charge is -2.18. The molecule has 1 aromatic heterocycles. The Morgan fingerprint density at radius 3 is 2.46 bits per heavy atom. The van der Waals surface area contributed by atoms with Crippen LogP contribution in [-0.4, -0.2) is 34.7 Å². The molecule has 0 fully saturated rings. The summed E-state index contributed by atoms with van der Waals surface area (Å²) in [4.78, 5) is 26.0. The number of benzene rings is 3. The van der Waals surface area contributed by atoms with Crippen molar-refractivity contribution in [3.8, 4) is 11.3 Å². The quantitative estimate of drug-likeness (QED) is 0.347. The normalized spacial score (nSPS) is 11.6. The number of amides is 2. The van der Waals surface area contributed by atoms with E-state index in [2.05, 4.69) is 31.7 Å². The van der Waals surface area contributed by atoms with E-state index >= 15 is 0 Å². The molecule has 0 radical (unpaired) electrons. The van der Waals surface area contributed by atoms with Gasteiger partial charge in [-0.3, -0.25) is 14.3 Å². The van der Waals surface area contributed by atoms with E-state index in [9.17, 15) is 14.0 Å². The van der Waals surface area contributed by atoms with Gasteiger partial charge in [-0.05, 0) is 29.8 Å². The highest BCUT2D eigenvalue weighted by Crippen LogP contribution is 2.21. The Morgan fingerprint density at radius 1 is 1.00 bits per heavy atom. The van der Waals surface area contributed by atoms with E-state index in [1.807, 2.05) is 54.6 Å². The average molecular weight is 535 g/mol. The highest BCUT2D eigenvalue weighted by atomic mass is 79.9. The number of hydrogen-bond acceptors (Lipinski definition) is 3. The van der Waals surface area contributed by atoms with Crippen molar-refractivity contribution in [1.82, 2.24) is 20.4 Å². The van der Waals surface area contributed by atoms with Gasteiger partial charge in [-0.15, -0.1) is 0 Å². The van der Waals surface area contributed by atoms with E-state index < -0.39 is 11.9 Å². The number of hydrogen-bond donors (Lipinski definition) is 2. The van der Waals surface area contributed by atoms with Crippen LogP contribution in [0.15, 0.2) is 89.4 Å². The number of rotatable bonds is 8. The summed E-state index contributed by atoms with van der Waals surface area (Å²) in [6.45, 7) is 0.0680. The Hall–Kier alpha value is -3.78. The Bertz CT molecular complexity index is 1340. The molecule has 8 heteroatoms. The van der Waals surface area contributed by atoms with Crippen molar-refractivity contribution in [2.45, 2.75) is 19.0 Å². The molecule has 0 bridgehead atoms. The Labute approximate surface area is 211 Å². The Balaban J connectivity index is 1.66. The van der Waals surface area contributed by atoms with Crippen molar-refractivity contribution >= 4 is 27.7 Å². The molecule has 6 nitrogen and oxygen atoms in total. The fraction of sp³-hybridized carbons (Fsp3) is 0.148. The minimum atomic E-state index is -0.807. The second-order valence-electron chi connectivity index (χ2n) is 8.00. The van der Waals surface area contributed by atoms with Crippen LogP contribution in [0.1, 0.15) is 21.6 Å². The maximum atomic E-state index is 14.4. The second kappa shape index (κ2) is 11.1. The van der Waals surface area contributed by atoms with Crippen molar-refractivity contribution in [3.63, 3.8) is 0 Å². The summed E-state index contributed by atoms with van der Waals surface area (Å²) in [5.74, 6) is -1.17. The zero-order valence-electron chi connectivity index (χ0n) is 19.0. The van der Waals surface area contributed by atoms with Gasteiger partial charge in [-0.2, -0.15) is 5.10 Å². The van der Waals surface area contributed by atoms with Gasteiger partial charge >= 0.3 is 0 Å².